The van der Waals surface area contributed by atoms with Gasteiger partial charge in [-0.1, -0.05) is 0 Å². The second-order valence-electron chi connectivity index (χ2n) is 5.11. The molecule has 0 aromatic rings. The minimum Gasteiger partial charge on any atom is -0.481 e. The zero-order chi connectivity index (χ0) is 14.3. The van der Waals surface area contributed by atoms with Crippen LogP contribution in [0.2, 0.25) is 0 Å². The van der Waals surface area contributed by atoms with Crippen LogP contribution in [0.3, 0.4) is 0 Å². The van der Waals surface area contributed by atoms with Gasteiger partial charge in [-0.15, -0.1) is 0 Å². The third-order valence-electron chi connectivity index (χ3n) is 3.11. The Morgan fingerprint density at radius 2 is 1.95 bits per heavy atom. The quantitative estimate of drug-likeness (QED) is 0.503. The summed E-state index contributed by atoms with van der Waals surface area (Å²) < 4.78 is 5.31. The maximum Gasteiger partial charge on any atom is 0.314 e. The molecule has 110 valence electrons. The molecule has 2 amide bonds. The number of ether oxygens (including phenoxy) is 1. The highest BCUT2D eigenvalue weighted by molar-refractivity contribution is 5.80. The van der Waals surface area contributed by atoms with Gasteiger partial charge in [-0.05, 0) is 26.9 Å². The van der Waals surface area contributed by atoms with Gasteiger partial charge in [0.1, 0.15) is 0 Å². The number of hydrogen-bond donors (Lipinski definition) is 3. The number of nitrogens with one attached hydrogen (secondary N) is 2. The van der Waals surface area contributed by atoms with E-state index in [1.165, 1.54) is 0 Å². The van der Waals surface area contributed by atoms with Gasteiger partial charge in [-0.25, -0.2) is 4.79 Å². The summed E-state index contributed by atoms with van der Waals surface area (Å²) in [6.45, 7) is 2.52. The molecule has 0 heterocycles. The number of rotatable bonds is 9. The van der Waals surface area contributed by atoms with Crippen molar-refractivity contribution < 1.29 is 19.4 Å². The van der Waals surface area contributed by atoms with Crippen molar-refractivity contribution in [1.29, 1.82) is 0 Å². The minimum atomic E-state index is -0.834. The molecule has 0 spiro atoms. The van der Waals surface area contributed by atoms with Gasteiger partial charge in [-0.2, -0.15) is 0 Å². The Hall–Kier alpha value is -1.34. The highest BCUT2D eigenvalue weighted by Gasteiger charge is 2.50. The molecule has 0 aliphatic heterocycles. The Morgan fingerprint density at radius 1 is 1.26 bits per heavy atom. The molecule has 1 rings (SSSR count). The molecule has 0 atom stereocenters. The van der Waals surface area contributed by atoms with Crippen LogP contribution in [-0.4, -0.2) is 69.0 Å². The number of amides is 2. The van der Waals surface area contributed by atoms with Crippen molar-refractivity contribution in [2.45, 2.75) is 12.8 Å². The van der Waals surface area contributed by atoms with E-state index < -0.39 is 11.4 Å². The zero-order valence-corrected chi connectivity index (χ0v) is 11.6. The van der Waals surface area contributed by atoms with Crippen LogP contribution in [0.25, 0.3) is 0 Å². The van der Waals surface area contributed by atoms with Crippen molar-refractivity contribution in [3.8, 4) is 0 Å². The third-order valence-corrected chi connectivity index (χ3v) is 3.11. The van der Waals surface area contributed by atoms with Crippen LogP contribution < -0.4 is 10.6 Å². The summed E-state index contributed by atoms with van der Waals surface area (Å²) in [5.74, 6) is -0.834. The number of aliphatic carboxylic acids is 1. The van der Waals surface area contributed by atoms with E-state index in [4.69, 9.17) is 9.84 Å². The van der Waals surface area contributed by atoms with Gasteiger partial charge in [0.2, 0.25) is 0 Å². The van der Waals surface area contributed by atoms with Crippen molar-refractivity contribution in [3.05, 3.63) is 0 Å². The van der Waals surface area contributed by atoms with E-state index in [1.54, 1.807) is 0 Å². The van der Waals surface area contributed by atoms with Crippen molar-refractivity contribution in [3.63, 3.8) is 0 Å². The number of carboxylic acids is 1. The van der Waals surface area contributed by atoms with Crippen LogP contribution in [0.5, 0.6) is 0 Å². The maximum absolute atomic E-state index is 11.4. The first kappa shape index (κ1) is 15.7. The van der Waals surface area contributed by atoms with Crippen LogP contribution in [0.4, 0.5) is 4.79 Å². The van der Waals surface area contributed by atoms with Crippen LogP contribution in [0.15, 0.2) is 0 Å². The second-order valence-corrected chi connectivity index (χ2v) is 5.11. The van der Waals surface area contributed by atoms with Gasteiger partial charge in [-0.3, -0.25) is 4.79 Å². The van der Waals surface area contributed by atoms with Gasteiger partial charge in [0.25, 0.3) is 0 Å². The molecule has 3 N–H and O–H groups in total. The summed E-state index contributed by atoms with van der Waals surface area (Å²) >= 11 is 0. The van der Waals surface area contributed by atoms with E-state index >= 15 is 0 Å². The molecule has 0 bridgehead atoms. The lowest BCUT2D eigenvalue weighted by molar-refractivity contribution is -0.143. The standard InChI is InChI=1S/C12H23N3O4/c1-15(2)6-8-19-7-5-13-11(18)14-9-12(3-4-12)10(16)17/h3-9H2,1-2H3,(H,16,17)(H2,13,14,18). The summed E-state index contributed by atoms with van der Waals surface area (Å²) in [7, 11) is 3.93. The molecular weight excluding hydrogens is 250 g/mol. The van der Waals surface area contributed by atoms with Gasteiger partial charge < -0.3 is 25.4 Å². The van der Waals surface area contributed by atoms with E-state index in [9.17, 15) is 9.59 Å². The number of likely N-dealkylation sites (N-methyl/N-ethyl adjacent to an activating group) is 1. The average molecular weight is 273 g/mol. The smallest absolute Gasteiger partial charge is 0.314 e. The monoisotopic (exact) mass is 273 g/mol. The number of carboxylic acid groups (broad SMARTS) is 1. The lowest BCUT2D eigenvalue weighted by atomic mass is 10.1. The molecule has 0 saturated heterocycles. The zero-order valence-electron chi connectivity index (χ0n) is 11.6. The molecule has 1 saturated carbocycles. The van der Waals surface area contributed by atoms with Gasteiger partial charge in [0, 0.05) is 19.6 Å². The molecule has 1 aliphatic carbocycles. The van der Waals surface area contributed by atoms with Crippen LogP contribution in [0, 0.1) is 5.41 Å². The summed E-state index contributed by atoms with van der Waals surface area (Å²) in [6.07, 6.45) is 1.27. The maximum atomic E-state index is 11.4. The van der Waals surface area contributed by atoms with Crippen molar-refractivity contribution in [2.75, 3.05) is 46.9 Å². The number of hydrogen-bond acceptors (Lipinski definition) is 4. The van der Waals surface area contributed by atoms with Gasteiger partial charge in [0.15, 0.2) is 0 Å². The van der Waals surface area contributed by atoms with Gasteiger partial charge in [0.05, 0.1) is 18.6 Å². The van der Waals surface area contributed by atoms with E-state index in [2.05, 4.69) is 10.6 Å². The average Bonchev–Trinajstić information content (AvgIpc) is 3.12. The van der Waals surface area contributed by atoms with Crippen molar-refractivity contribution in [2.24, 2.45) is 5.41 Å². The number of carbonyl (C=O) groups is 2. The van der Waals surface area contributed by atoms with Crippen molar-refractivity contribution >= 4 is 12.0 Å². The summed E-state index contributed by atoms with van der Waals surface area (Å²) in [5, 5.41) is 14.1. The fourth-order valence-corrected chi connectivity index (χ4v) is 1.52. The van der Waals surface area contributed by atoms with E-state index in [-0.39, 0.29) is 12.6 Å². The van der Waals surface area contributed by atoms with Crippen LogP contribution in [-0.2, 0) is 9.53 Å². The molecule has 0 radical (unpaired) electrons. The highest BCUT2D eigenvalue weighted by atomic mass is 16.5. The Balaban J connectivity index is 1.98. The minimum absolute atomic E-state index is 0.190. The molecule has 0 aromatic carbocycles. The topological polar surface area (TPSA) is 90.9 Å². The number of nitrogens with zero attached hydrogens (tertiary/aromatic N) is 1. The SMILES string of the molecule is CN(C)CCOCCNC(=O)NCC1(C(=O)O)CC1. The summed E-state index contributed by atoms with van der Waals surface area (Å²) in [4.78, 5) is 24.3. The summed E-state index contributed by atoms with van der Waals surface area (Å²) in [5.41, 5.74) is -0.723. The molecule has 19 heavy (non-hydrogen) atoms. The van der Waals surface area contributed by atoms with E-state index in [0.717, 1.165) is 6.54 Å². The second kappa shape index (κ2) is 7.30. The largest absolute Gasteiger partial charge is 0.481 e. The molecule has 1 fully saturated rings. The van der Waals surface area contributed by atoms with E-state index in [0.29, 0.717) is 32.6 Å². The predicted octanol–water partition coefficient (Wildman–Crippen LogP) is -0.271. The highest BCUT2D eigenvalue weighted by Crippen LogP contribution is 2.45. The predicted molar refractivity (Wildman–Crippen MR) is 70.1 cm³/mol. The molecule has 0 aromatic heterocycles. The fourth-order valence-electron chi connectivity index (χ4n) is 1.52. The fraction of sp³-hybridized carbons (Fsp3) is 0.833. The molecule has 7 nitrogen and oxygen atoms in total. The van der Waals surface area contributed by atoms with Crippen molar-refractivity contribution in [1.82, 2.24) is 15.5 Å². The Morgan fingerprint density at radius 3 is 2.47 bits per heavy atom. The number of urea groups is 1. The first-order chi connectivity index (χ1) is 8.96. The molecule has 7 heteroatoms. The Labute approximate surface area is 113 Å². The third kappa shape index (κ3) is 5.89. The molecule has 1 aliphatic rings. The lowest BCUT2D eigenvalue weighted by Crippen LogP contribution is -2.41. The first-order valence-corrected chi connectivity index (χ1v) is 6.44. The lowest BCUT2D eigenvalue weighted by Gasteiger charge is -2.12. The Bertz CT molecular complexity index is 316. The van der Waals surface area contributed by atoms with Crippen LogP contribution >= 0.6 is 0 Å². The Kier molecular flexibility index (Phi) is 6.04. The van der Waals surface area contributed by atoms with Gasteiger partial charge >= 0.3 is 12.0 Å². The number of carbonyl (C=O) groups excluding carboxylic acids is 1. The first-order valence-electron chi connectivity index (χ1n) is 6.44. The van der Waals surface area contributed by atoms with E-state index in [1.807, 2.05) is 19.0 Å². The summed E-state index contributed by atoms with van der Waals surface area (Å²) in [6, 6.07) is -0.344. The molecule has 0 unspecified atom stereocenters. The van der Waals surface area contributed by atoms with Crippen LogP contribution in [0.1, 0.15) is 12.8 Å². The molecular formula is C12H23N3O4. The normalized spacial score (nSPS) is 16.2.